The number of hydrogen-bond acceptors (Lipinski definition) is 2. The Balaban J connectivity index is 2.10. The molecule has 0 spiro atoms. The van der Waals surface area contributed by atoms with Crippen molar-refractivity contribution >= 4 is 15.9 Å². The Morgan fingerprint density at radius 1 is 1.53 bits per heavy atom. The fourth-order valence-electron chi connectivity index (χ4n) is 1.91. The zero-order valence-corrected chi connectivity index (χ0v) is 10.0. The molecule has 2 rings (SSSR count). The van der Waals surface area contributed by atoms with Crippen molar-refractivity contribution in [2.45, 2.75) is 19.0 Å². The van der Waals surface area contributed by atoms with Crippen molar-refractivity contribution in [3.8, 4) is 0 Å². The second-order valence-corrected chi connectivity index (χ2v) is 4.84. The molecule has 4 heteroatoms. The van der Waals surface area contributed by atoms with Crippen LogP contribution < -0.4 is 5.73 Å². The van der Waals surface area contributed by atoms with Gasteiger partial charge in [-0.25, -0.2) is 4.39 Å². The predicted molar refractivity (Wildman–Crippen MR) is 62.0 cm³/mol. The van der Waals surface area contributed by atoms with Crippen LogP contribution in [0, 0.1) is 5.82 Å². The van der Waals surface area contributed by atoms with Crippen molar-refractivity contribution in [2.24, 2.45) is 5.73 Å². The van der Waals surface area contributed by atoms with E-state index in [1.165, 1.54) is 6.07 Å². The number of nitrogens with zero attached hydrogens (tertiary/aromatic N) is 1. The molecule has 1 aromatic rings. The lowest BCUT2D eigenvalue weighted by atomic mass is 10.2. The van der Waals surface area contributed by atoms with Gasteiger partial charge in [0.05, 0.1) is 0 Å². The molecule has 0 aromatic heterocycles. The molecule has 0 saturated carbocycles. The second-order valence-electron chi connectivity index (χ2n) is 3.98. The van der Waals surface area contributed by atoms with Gasteiger partial charge in [0.1, 0.15) is 5.82 Å². The minimum Gasteiger partial charge on any atom is -0.326 e. The van der Waals surface area contributed by atoms with Gasteiger partial charge in [-0.1, -0.05) is 22.0 Å². The summed E-state index contributed by atoms with van der Waals surface area (Å²) in [6.45, 7) is 2.46. The van der Waals surface area contributed by atoms with E-state index in [1.807, 2.05) is 6.07 Å². The smallest absolute Gasteiger partial charge is 0.128 e. The SMILES string of the molecule is NC1CCN(Cc2c(F)cccc2Br)C1. The molecule has 15 heavy (non-hydrogen) atoms. The molecule has 0 bridgehead atoms. The van der Waals surface area contributed by atoms with Gasteiger partial charge in [-0.05, 0) is 18.6 Å². The topological polar surface area (TPSA) is 29.3 Å². The Labute approximate surface area is 97.4 Å². The van der Waals surface area contributed by atoms with Crippen LogP contribution in [0.25, 0.3) is 0 Å². The highest BCUT2D eigenvalue weighted by atomic mass is 79.9. The van der Waals surface area contributed by atoms with Crippen LogP contribution in [0.3, 0.4) is 0 Å². The van der Waals surface area contributed by atoms with Gasteiger partial charge < -0.3 is 5.73 Å². The van der Waals surface area contributed by atoms with E-state index in [4.69, 9.17) is 5.73 Å². The average molecular weight is 273 g/mol. The summed E-state index contributed by atoms with van der Waals surface area (Å²) in [6.07, 6.45) is 1.01. The Morgan fingerprint density at radius 3 is 2.93 bits per heavy atom. The zero-order valence-electron chi connectivity index (χ0n) is 8.42. The van der Waals surface area contributed by atoms with Crippen molar-refractivity contribution in [2.75, 3.05) is 13.1 Å². The van der Waals surface area contributed by atoms with E-state index in [-0.39, 0.29) is 11.9 Å². The molecule has 1 aromatic carbocycles. The Hall–Kier alpha value is -0.450. The third-order valence-electron chi connectivity index (χ3n) is 2.75. The van der Waals surface area contributed by atoms with Gasteiger partial charge >= 0.3 is 0 Å². The van der Waals surface area contributed by atoms with E-state index >= 15 is 0 Å². The molecule has 82 valence electrons. The van der Waals surface area contributed by atoms with E-state index in [0.717, 1.165) is 29.5 Å². The van der Waals surface area contributed by atoms with Crippen LogP contribution in [0.15, 0.2) is 22.7 Å². The lowest BCUT2D eigenvalue weighted by Crippen LogP contribution is -2.26. The van der Waals surface area contributed by atoms with Crippen LogP contribution >= 0.6 is 15.9 Å². The molecule has 1 aliphatic heterocycles. The minimum atomic E-state index is -0.148. The highest BCUT2D eigenvalue weighted by Gasteiger charge is 2.20. The monoisotopic (exact) mass is 272 g/mol. The minimum absolute atomic E-state index is 0.148. The van der Waals surface area contributed by atoms with Gasteiger partial charge in [0.2, 0.25) is 0 Å². The fraction of sp³-hybridized carbons (Fsp3) is 0.455. The predicted octanol–water partition coefficient (Wildman–Crippen LogP) is 2.12. The summed E-state index contributed by atoms with van der Waals surface area (Å²) in [5, 5.41) is 0. The maximum atomic E-state index is 13.5. The van der Waals surface area contributed by atoms with E-state index in [2.05, 4.69) is 20.8 Å². The van der Waals surface area contributed by atoms with Gasteiger partial charge in [-0.15, -0.1) is 0 Å². The summed E-state index contributed by atoms with van der Waals surface area (Å²) in [7, 11) is 0. The maximum Gasteiger partial charge on any atom is 0.128 e. The van der Waals surface area contributed by atoms with Crippen molar-refractivity contribution < 1.29 is 4.39 Å². The number of likely N-dealkylation sites (tertiary alicyclic amines) is 1. The standard InChI is InChI=1S/C11H14BrFN2/c12-10-2-1-3-11(13)9(10)7-15-5-4-8(14)6-15/h1-3,8H,4-7,14H2. The van der Waals surface area contributed by atoms with Gasteiger partial charge in [-0.3, -0.25) is 4.90 Å². The lowest BCUT2D eigenvalue weighted by Gasteiger charge is -2.16. The third-order valence-corrected chi connectivity index (χ3v) is 3.50. The molecule has 1 heterocycles. The van der Waals surface area contributed by atoms with Gasteiger partial charge in [0.15, 0.2) is 0 Å². The lowest BCUT2D eigenvalue weighted by molar-refractivity contribution is 0.320. The third kappa shape index (κ3) is 2.56. The fourth-order valence-corrected chi connectivity index (χ4v) is 2.38. The van der Waals surface area contributed by atoms with Crippen LogP contribution in [-0.2, 0) is 6.54 Å². The molecule has 1 saturated heterocycles. The summed E-state index contributed by atoms with van der Waals surface area (Å²) in [4.78, 5) is 2.19. The molecular formula is C11H14BrFN2. The zero-order chi connectivity index (χ0) is 10.8. The Kier molecular flexibility index (Phi) is 3.38. The number of rotatable bonds is 2. The first-order chi connectivity index (χ1) is 7.16. The first-order valence-electron chi connectivity index (χ1n) is 5.07. The Morgan fingerprint density at radius 2 is 2.33 bits per heavy atom. The Bertz CT molecular complexity index is 336. The number of benzene rings is 1. The van der Waals surface area contributed by atoms with Crippen molar-refractivity contribution in [3.05, 3.63) is 34.1 Å². The van der Waals surface area contributed by atoms with Crippen LogP contribution in [0.4, 0.5) is 4.39 Å². The second kappa shape index (κ2) is 4.60. The van der Waals surface area contributed by atoms with Gasteiger partial charge in [0, 0.05) is 35.7 Å². The number of halogens is 2. The molecule has 2 nitrogen and oxygen atoms in total. The largest absolute Gasteiger partial charge is 0.326 e. The number of hydrogen-bond donors (Lipinski definition) is 1. The van der Waals surface area contributed by atoms with E-state index in [1.54, 1.807) is 6.07 Å². The molecule has 0 amide bonds. The highest BCUT2D eigenvalue weighted by Crippen LogP contribution is 2.22. The molecule has 1 atom stereocenters. The summed E-state index contributed by atoms with van der Waals surface area (Å²) in [5.41, 5.74) is 6.54. The maximum absolute atomic E-state index is 13.5. The normalized spacial score (nSPS) is 22.2. The van der Waals surface area contributed by atoms with Crippen LogP contribution in [0.2, 0.25) is 0 Å². The number of nitrogens with two attached hydrogens (primary N) is 1. The van der Waals surface area contributed by atoms with Crippen molar-refractivity contribution in [1.29, 1.82) is 0 Å². The van der Waals surface area contributed by atoms with E-state index in [9.17, 15) is 4.39 Å². The van der Waals surface area contributed by atoms with Gasteiger partial charge in [0.25, 0.3) is 0 Å². The van der Waals surface area contributed by atoms with Crippen LogP contribution in [0.1, 0.15) is 12.0 Å². The quantitative estimate of drug-likeness (QED) is 0.894. The summed E-state index contributed by atoms with van der Waals surface area (Å²) >= 11 is 3.37. The molecule has 2 N–H and O–H groups in total. The molecule has 1 aliphatic rings. The summed E-state index contributed by atoms with van der Waals surface area (Å²) in [6, 6.07) is 5.32. The van der Waals surface area contributed by atoms with Gasteiger partial charge in [-0.2, -0.15) is 0 Å². The average Bonchev–Trinajstić information content (AvgIpc) is 2.58. The molecule has 1 unspecified atom stereocenters. The first-order valence-corrected chi connectivity index (χ1v) is 5.87. The molecule has 0 aliphatic carbocycles. The van der Waals surface area contributed by atoms with Crippen molar-refractivity contribution in [1.82, 2.24) is 4.90 Å². The highest BCUT2D eigenvalue weighted by molar-refractivity contribution is 9.10. The molecule has 1 fully saturated rings. The van der Waals surface area contributed by atoms with E-state index in [0.29, 0.717) is 6.54 Å². The molecule has 0 radical (unpaired) electrons. The first kappa shape index (κ1) is 11.0. The van der Waals surface area contributed by atoms with Crippen molar-refractivity contribution in [3.63, 3.8) is 0 Å². The summed E-state index contributed by atoms with van der Waals surface area (Å²) < 4.78 is 14.3. The van der Waals surface area contributed by atoms with E-state index < -0.39 is 0 Å². The molecular weight excluding hydrogens is 259 g/mol. The summed E-state index contributed by atoms with van der Waals surface area (Å²) in [5.74, 6) is -0.148. The van der Waals surface area contributed by atoms with Crippen LogP contribution in [0.5, 0.6) is 0 Å². The van der Waals surface area contributed by atoms with Crippen LogP contribution in [-0.4, -0.2) is 24.0 Å².